The average Bonchev–Trinajstić information content (AvgIpc) is 2.35. The number of nitrogens with one attached hydrogen (secondary N) is 2. The first-order valence-electron chi connectivity index (χ1n) is 6.16. The number of nitrogens with zero attached hydrogens (tertiary/aromatic N) is 2. The summed E-state index contributed by atoms with van der Waals surface area (Å²) in [5, 5.41) is 9.53. The third-order valence-electron chi connectivity index (χ3n) is 3.70. The Morgan fingerprint density at radius 3 is 2.89 bits per heavy atom. The number of aromatic nitrogens is 2. The molecule has 0 aliphatic carbocycles. The van der Waals surface area contributed by atoms with Crippen LogP contribution in [0.4, 0.5) is 5.69 Å². The van der Waals surface area contributed by atoms with E-state index in [1.165, 1.54) is 12.8 Å². The number of H-pyrrole nitrogens is 1. The van der Waals surface area contributed by atoms with Crippen molar-refractivity contribution in [2.24, 2.45) is 5.41 Å². The van der Waals surface area contributed by atoms with Gasteiger partial charge in [0.1, 0.15) is 4.47 Å². The van der Waals surface area contributed by atoms with Crippen molar-refractivity contribution in [3.05, 3.63) is 21.0 Å². The summed E-state index contributed by atoms with van der Waals surface area (Å²) in [7, 11) is 2.16. The lowest BCUT2D eigenvalue weighted by Gasteiger charge is -2.38. The molecule has 1 aromatic heterocycles. The molecule has 5 nitrogen and oxygen atoms in total. The van der Waals surface area contributed by atoms with Gasteiger partial charge in [0.25, 0.3) is 5.56 Å². The van der Waals surface area contributed by atoms with Crippen LogP contribution < -0.4 is 10.9 Å². The molecule has 0 unspecified atom stereocenters. The third-order valence-corrected chi connectivity index (χ3v) is 4.48. The topological polar surface area (TPSA) is 61.0 Å². The van der Waals surface area contributed by atoms with Crippen molar-refractivity contribution >= 4 is 21.6 Å². The number of rotatable bonds is 3. The third kappa shape index (κ3) is 3.11. The standard InChI is InChI=1S/C12H19BrN4O/c1-12(3-5-17(2)6-4-12)8-14-9-7-15-16-11(18)10(9)13/h7H,3-6,8H2,1-2H3,(H2,14,16,18). The highest BCUT2D eigenvalue weighted by Gasteiger charge is 2.28. The number of halogens is 1. The molecule has 2 N–H and O–H groups in total. The van der Waals surface area contributed by atoms with Gasteiger partial charge in [-0.15, -0.1) is 0 Å². The van der Waals surface area contributed by atoms with Crippen molar-refractivity contribution in [1.82, 2.24) is 15.1 Å². The minimum Gasteiger partial charge on any atom is -0.382 e. The quantitative estimate of drug-likeness (QED) is 0.891. The molecule has 18 heavy (non-hydrogen) atoms. The molecular weight excluding hydrogens is 296 g/mol. The SMILES string of the molecule is CN1CCC(C)(CNc2cn[nH]c(=O)c2Br)CC1. The predicted molar refractivity (Wildman–Crippen MR) is 75.9 cm³/mol. The van der Waals surface area contributed by atoms with Crippen LogP contribution in [0.1, 0.15) is 19.8 Å². The van der Waals surface area contributed by atoms with Crippen LogP contribution in [0.25, 0.3) is 0 Å². The first kappa shape index (κ1) is 13.5. The van der Waals surface area contributed by atoms with E-state index < -0.39 is 0 Å². The van der Waals surface area contributed by atoms with Gasteiger partial charge in [0, 0.05) is 6.54 Å². The number of aromatic amines is 1. The summed E-state index contributed by atoms with van der Waals surface area (Å²) >= 11 is 3.28. The van der Waals surface area contributed by atoms with E-state index in [9.17, 15) is 4.79 Å². The lowest BCUT2D eigenvalue weighted by atomic mass is 9.80. The number of piperidine rings is 1. The summed E-state index contributed by atoms with van der Waals surface area (Å²) in [6, 6.07) is 0. The molecule has 1 fully saturated rings. The molecule has 100 valence electrons. The summed E-state index contributed by atoms with van der Waals surface area (Å²) < 4.78 is 0.522. The van der Waals surface area contributed by atoms with Gasteiger partial charge in [0.2, 0.25) is 0 Å². The number of anilines is 1. The van der Waals surface area contributed by atoms with Gasteiger partial charge in [0.15, 0.2) is 0 Å². The Kier molecular flexibility index (Phi) is 4.07. The molecule has 0 aromatic carbocycles. The molecule has 0 amide bonds. The zero-order valence-corrected chi connectivity index (χ0v) is 12.4. The van der Waals surface area contributed by atoms with Gasteiger partial charge < -0.3 is 10.2 Å². The van der Waals surface area contributed by atoms with Crippen molar-refractivity contribution in [1.29, 1.82) is 0 Å². The number of hydrogen-bond acceptors (Lipinski definition) is 4. The van der Waals surface area contributed by atoms with Crippen LogP contribution >= 0.6 is 15.9 Å². The normalized spacial score (nSPS) is 19.7. The Bertz CT molecular complexity index is 465. The first-order valence-corrected chi connectivity index (χ1v) is 6.95. The van der Waals surface area contributed by atoms with Crippen molar-refractivity contribution < 1.29 is 0 Å². The second-order valence-corrected chi connectivity index (χ2v) is 6.19. The van der Waals surface area contributed by atoms with E-state index in [1.54, 1.807) is 6.20 Å². The molecule has 2 heterocycles. The van der Waals surface area contributed by atoms with E-state index in [-0.39, 0.29) is 11.0 Å². The summed E-state index contributed by atoms with van der Waals surface area (Å²) in [4.78, 5) is 13.8. The summed E-state index contributed by atoms with van der Waals surface area (Å²) in [5.74, 6) is 0. The first-order chi connectivity index (χ1) is 8.50. The molecule has 1 aliphatic heterocycles. The molecule has 1 aromatic rings. The van der Waals surface area contributed by atoms with Crippen LogP contribution in [0, 0.1) is 5.41 Å². The highest BCUT2D eigenvalue weighted by Crippen LogP contribution is 2.31. The second-order valence-electron chi connectivity index (χ2n) is 5.39. The predicted octanol–water partition coefficient (Wildman–Crippen LogP) is 1.68. The van der Waals surface area contributed by atoms with Gasteiger partial charge in [-0.25, -0.2) is 5.10 Å². The molecule has 6 heteroatoms. The van der Waals surface area contributed by atoms with Crippen molar-refractivity contribution in [2.45, 2.75) is 19.8 Å². The maximum Gasteiger partial charge on any atom is 0.280 e. The Morgan fingerprint density at radius 1 is 1.56 bits per heavy atom. The highest BCUT2D eigenvalue weighted by molar-refractivity contribution is 9.10. The monoisotopic (exact) mass is 314 g/mol. The van der Waals surface area contributed by atoms with E-state index in [4.69, 9.17) is 0 Å². The van der Waals surface area contributed by atoms with Gasteiger partial charge in [-0.3, -0.25) is 4.79 Å². The summed E-state index contributed by atoms with van der Waals surface area (Å²) in [5.41, 5.74) is 0.849. The van der Waals surface area contributed by atoms with Gasteiger partial charge in [-0.1, -0.05) is 6.92 Å². The molecular formula is C12H19BrN4O. The van der Waals surface area contributed by atoms with Gasteiger partial charge in [-0.05, 0) is 54.3 Å². The summed E-state index contributed by atoms with van der Waals surface area (Å²) in [6.45, 7) is 5.42. The van der Waals surface area contributed by atoms with Gasteiger partial charge >= 0.3 is 0 Å². The van der Waals surface area contributed by atoms with Crippen LogP contribution in [-0.2, 0) is 0 Å². The maximum absolute atomic E-state index is 11.4. The van der Waals surface area contributed by atoms with E-state index in [0.29, 0.717) is 4.47 Å². The Hall–Kier alpha value is -0.880. The Balaban J connectivity index is 1.99. The maximum atomic E-state index is 11.4. The fraction of sp³-hybridized carbons (Fsp3) is 0.667. The van der Waals surface area contributed by atoms with E-state index in [2.05, 4.69) is 50.3 Å². The van der Waals surface area contributed by atoms with Crippen LogP contribution in [0.15, 0.2) is 15.5 Å². The summed E-state index contributed by atoms with van der Waals surface area (Å²) in [6.07, 6.45) is 3.99. The minimum atomic E-state index is -0.200. The van der Waals surface area contributed by atoms with Crippen LogP contribution in [-0.4, -0.2) is 41.8 Å². The Morgan fingerprint density at radius 2 is 2.22 bits per heavy atom. The van der Waals surface area contributed by atoms with Crippen molar-refractivity contribution in [3.63, 3.8) is 0 Å². The second kappa shape index (κ2) is 5.40. The number of hydrogen-bond donors (Lipinski definition) is 2. The van der Waals surface area contributed by atoms with E-state index >= 15 is 0 Å². The molecule has 0 atom stereocenters. The highest BCUT2D eigenvalue weighted by atomic mass is 79.9. The molecule has 2 rings (SSSR count). The van der Waals surface area contributed by atoms with Crippen LogP contribution in [0.5, 0.6) is 0 Å². The average molecular weight is 315 g/mol. The molecule has 0 radical (unpaired) electrons. The molecule has 1 aliphatic rings. The van der Waals surface area contributed by atoms with Crippen molar-refractivity contribution in [2.75, 3.05) is 32.0 Å². The zero-order chi connectivity index (χ0) is 13.2. The molecule has 0 spiro atoms. The fourth-order valence-electron chi connectivity index (χ4n) is 2.15. The lowest BCUT2D eigenvalue weighted by Crippen LogP contribution is -2.40. The van der Waals surface area contributed by atoms with E-state index in [1.807, 2.05) is 0 Å². The van der Waals surface area contributed by atoms with Gasteiger partial charge in [0.05, 0.1) is 11.9 Å². The largest absolute Gasteiger partial charge is 0.382 e. The van der Waals surface area contributed by atoms with Gasteiger partial charge in [-0.2, -0.15) is 5.10 Å². The number of likely N-dealkylation sites (tertiary alicyclic amines) is 1. The Labute approximate surface area is 115 Å². The molecule has 0 bridgehead atoms. The van der Waals surface area contributed by atoms with Crippen LogP contribution in [0.2, 0.25) is 0 Å². The molecule has 1 saturated heterocycles. The molecule has 0 saturated carbocycles. The minimum absolute atomic E-state index is 0.200. The van der Waals surface area contributed by atoms with E-state index in [0.717, 1.165) is 25.3 Å². The zero-order valence-electron chi connectivity index (χ0n) is 10.8. The van der Waals surface area contributed by atoms with Crippen molar-refractivity contribution in [3.8, 4) is 0 Å². The van der Waals surface area contributed by atoms with Crippen LogP contribution in [0.3, 0.4) is 0 Å². The fourth-order valence-corrected chi connectivity index (χ4v) is 2.48. The lowest BCUT2D eigenvalue weighted by molar-refractivity contribution is 0.150. The smallest absolute Gasteiger partial charge is 0.280 e.